The third kappa shape index (κ3) is 9.08. The number of nitrogens with zero attached hydrogens (tertiary/aromatic N) is 3. The van der Waals surface area contributed by atoms with E-state index in [1.807, 2.05) is 25.9 Å². The smallest absolute Gasteiger partial charge is 0.312 e. The zero-order valence-corrected chi connectivity index (χ0v) is 37.1. The van der Waals surface area contributed by atoms with Gasteiger partial charge in [-0.2, -0.15) is 5.10 Å². The number of allylic oxidation sites excluding steroid dienone is 2. The van der Waals surface area contributed by atoms with Crippen LogP contribution in [0.25, 0.3) is 10.8 Å². The number of carbonyl (C=O) groups excluding carboxylic acids is 3. The summed E-state index contributed by atoms with van der Waals surface area (Å²) in [4.78, 5) is 42.9. The number of phenols is 3. The molecule has 4 aliphatic heterocycles. The quantitative estimate of drug-likeness (QED) is 0.102. The zero-order valence-electron chi connectivity index (χ0n) is 37.1. The van der Waals surface area contributed by atoms with Gasteiger partial charge < -0.3 is 54.7 Å². The van der Waals surface area contributed by atoms with Gasteiger partial charge in [0.15, 0.2) is 5.75 Å². The summed E-state index contributed by atoms with van der Waals surface area (Å²) in [5.74, 6) is -8.39. The number of piperazine rings is 1. The molecule has 0 aliphatic carbocycles. The summed E-state index contributed by atoms with van der Waals surface area (Å²) in [5.41, 5.74) is -0.367. The number of Topliss-reactive ketones (excluding diaryl/α,β-unsaturated/α-hetero) is 1. The van der Waals surface area contributed by atoms with Gasteiger partial charge in [-0.1, -0.05) is 45.9 Å². The normalized spacial score (nSPS) is 33.0. The van der Waals surface area contributed by atoms with E-state index in [9.17, 15) is 39.9 Å². The van der Waals surface area contributed by atoms with Crippen molar-refractivity contribution in [2.75, 3.05) is 32.6 Å². The van der Waals surface area contributed by atoms with Crippen molar-refractivity contribution < 1.29 is 58.9 Å². The minimum atomic E-state index is -2.05. The van der Waals surface area contributed by atoms with Gasteiger partial charge >= 0.3 is 11.8 Å². The van der Waals surface area contributed by atoms with Crippen LogP contribution < -0.4 is 10.1 Å². The first-order valence-electron chi connectivity index (χ1n) is 20.6. The van der Waals surface area contributed by atoms with Gasteiger partial charge in [0.2, 0.25) is 0 Å². The van der Waals surface area contributed by atoms with Gasteiger partial charge in [0.05, 0.1) is 65.1 Å². The molecule has 61 heavy (non-hydrogen) atoms. The third-order valence-electron chi connectivity index (χ3n) is 12.4. The highest BCUT2D eigenvalue weighted by Crippen LogP contribution is 2.55. The number of carbonyl (C=O) groups is 3. The molecule has 0 radical (unpaired) electrons. The number of aliphatic hydroxyl groups is 2. The SMILES string of the molecule is COC1/C=C/OC2(C)Oc3c(C)c(O)c4c(O)c(c(/C=N/N5C(C)CN(C)CC5C)c(O)c4c3C2=O)NC(=O)C(C)=C/C=C/C(C)C(O)C(C)C(O)C(C)C(OC(C)=O)C1C. The number of aromatic hydroxyl groups is 3. The number of amides is 1. The number of likely N-dealkylation sites (N-methyl/N-ethyl adjacent to an activating group) is 1. The first-order chi connectivity index (χ1) is 28.6. The molecule has 1 amide bonds. The highest BCUT2D eigenvalue weighted by atomic mass is 16.7. The van der Waals surface area contributed by atoms with E-state index in [-0.39, 0.29) is 56.6 Å². The largest absolute Gasteiger partial charge is 0.507 e. The summed E-state index contributed by atoms with van der Waals surface area (Å²) in [6.07, 6.45) is 4.88. The Morgan fingerprint density at radius 1 is 0.934 bits per heavy atom. The number of methoxy groups -OCH3 is 1. The number of ketones is 1. The summed E-state index contributed by atoms with van der Waals surface area (Å²) in [5, 5.41) is 67.5. The topological polar surface area (TPSA) is 220 Å². The van der Waals surface area contributed by atoms with Crippen LogP contribution in [0.4, 0.5) is 5.69 Å². The maximum Gasteiger partial charge on any atom is 0.312 e. The number of aliphatic hydroxyl groups excluding tert-OH is 2. The van der Waals surface area contributed by atoms with Crippen LogP contribution in [0.3, 0.4) is 0 Å². The number of anilines is 1. The monoisotopic (exact) mass is 850 g/mol. The number of benzene rings is 2. The molecule has 1 saturated heterocycles. The fraction of sp³-hybridized carbons (Fsp3) is 0.556. The molecule has 16 heteroatoms. The number of esters is 1. The molecule has 11 atom stereocenters. The molecule has 6 N–H and O–H groups in total. The van der Waals surface area contributed by atoms with Gasteiger partial charge in [0.1, 0.15) is 23.4 Å². The van der Waals surface area contributed by atoms with Crippen LogP contribution in [-0.2, 0) is 23.8 Å². The van der Waals surface area contributed by atoms with Gasteiger partial charge in [-0.25, -0.2) is 0 Å². The average Bonchev–Trinajstić information content (AvgIpc) is 3.46. The zero-order chi connectivity index (χ0) is 45.4. The van der Waals surface area contributed by atoms with E-state index in [1.165, 1.54) is 59.4 Å². The lowest BCUT2D eigenvalue weighted by atomic mass is 9.78. The molecule has 0 spiro atoms. The minimum absolute atomic E-state index is 0.0501. The maximum absolute atomic E-state index is 14.5. The molecule has 0 saturated carbocycles. The molecule has 11 unspecified atom stereocenters. The van der Waals surface area contributed by atoms with Gasteiger partial charge in [-0.3, -0.25) is 19.4 Å². The van der Waals surface area contributed by atoms with Crippen molar-refractivity contribution in [3.05, 3.63) is 52.8 Å². The third-order valence-corrected chi connectivity index (χ3v) is 12.4. The fourth-order valence-electron chi connectivity index (χ4n) is 8.80. The lowest BCUT2D eigenvalue weighted by molar-refractivity contribution is -0.160. The van der Waals surface area contributed by atoms with Crippen LogP contribution >= 0.6 is 0 Å². The highest BCUT2D eigenvalue weighted by molar-refractivity contribution is 6.23. The van der Waals surface area contributed by atoms with E-state index >= 15 is 0 Å². The Morgan fingerprint density at radius 3 is 2.18 bits per heavy atom. The van der Waals surface area contributed by atoms with E-state index in [2.05, 4.69) is 10.2 Å². The van der Waals surface area contributed by atoms with Crippen LogP contribution in [-0.4, -0.2) is 129 Å². The Morgan fingerprint density at radius 2 is 1.57 bits per heavy atom. The summed E-state index contributed by atoms with van der Waals surface area (Å²) in [7, 11) is 3.44. The molecule has 2 aromatic rings. The molecule has 2 aromatic carbocycles. The number of nitrogens with one attached hydrogen (secondary N) is 1. The fourth-order valence-corrected chi connectivity index (χ4v) is 8.80. The van der Waals surface area contributed by atoms with E-state index in [1.54, 1.807) is 39.8 Å². The molecular weight excluding hydrogens is 789 g/mol. The number of hydrogen-bond donors (Lipinski definition) is 6. The summed E-state index contributed by atoms with van der Waals surface area (Å²) >= 11 is 0. The Labute approximate surface area is 357 Å². The van der Waals surface area contributed by atoms with Crippen molar-refractivity contribution in [3.8, 4) is 23.0 Å². The van der Waals surface area contributed by atoms with Crippen molar-refractivity contribution in [2.45, 2.75) is 112 Å². The molecule has 0 aromatic heterocycles. The summed E-state index contributed by atoms with van der Waals surface area (Å²) in [6, 6.07) is -0.100. The predicted octanol–water partition coefficient (Wildman–Crippen LogP) is 5.11. The van der Waals surface area contributed by atoms with Gasteiger partial charge in [0, 0.05) is 74.2 Å². The lowest BCUT2D eigenvalue weighted by Gasteiger charge is -2.41. The molecule has 4 aliphatic rings. The van der Waals surface area contributed by atoms with Crippen LogP contribution in [0.15, 0.2) is 41.2 Å². The number of fused-ring (bicyclic) bond motifs is 14. The van der Waals surface area contributed by atoms with Gasteiger partial charge in [0.25, 0.3) is 11.7 Å². The van der Waals surface area contributed by atoms with Crippen LogP contribution in [0.1, 0.15) is 83.8 Å². The first-order valence-corrected chi connectivity index (χ1v) is 20.6. The number of ether oxygens (including phenoxy) is 4. The van der Waals surface area contributed by atoms with Crippen LogP contribution in [0.2, 0.25) is 0 Å². The summed E-state index contributed by atoms with van der Waals surface area (Å²) < 4.78 is 23.7. The Bertz CT molecular complexity index is 2140. The predicted molar refractivity (Wildman–Crippen MR) is 230 cm³/mol. The minimum Gasteiger partial charge on any atom is -0.507 e. The average molecular weight is 851 g/mol. The molecule has 1 fully saturated rings. The molecule has 6 rings (SSSR count). The van der Waals surface area contributed by atoms with Crippen molar-refractivity contribution in [1.82, 2.24) is 9.91 Å². The highest BCUT2D eigenvalue weighted by Gasteiger charge is 2.50. The molecule has 4 heterocycles. The van der Waals surface area contributed by atoms with E-state index in [0.29, 0.717) is 13.1 Å². The van der Waals surface area contributed by atoms with E-state index in [4.69, 9.17) is 24.0 Å². The number of hydrazone groups is 1. The molecule has 5 bridgehead atoms. The second-order valence-electron chi connectivity index (χ2n) is 17.2. The Hall–Kier alpha value is -5.16. The molecular formula is C45H62N4O12. The number of rotatable bonds is 4. The summed E-state index contributed by atoms with van der Waals surface area (Å²) in [6.45, 7) is 17.9. The van der Waals surface area contributed by atoms with Gasteiger partial charge in [-0.15, -0.1) is 0 Å². The van der Waals surface area contributed by atoms with Crippen molar-refractivity contribution in [3.63, 3.8) is 0 Å². The Balaban J connectivity index is 1.73. The standard InChI is InChI=1S/C45H62N4O12/c1-21-14-13-15-22(2)44(57)47-35-30(18-46-49-23(3)19-48(11)20-24(49)4)39(54)32-33(40(35)55)38(53)28(8)42-34(32)43(56)45(10,61-42)59-17-16-31(58-12)25(5)41(60-29(9)50)27(7)37(52)26(6)36(21)51/h13-18,21,23-27,31,36-37,41,51-55H,19-20H2,1-12H3,(H,47,57)/b14-13+,17-16+,22-15?,46-18+. The lowest BCUT2D eigenvalue weighted by Crippen LogP contribution is -2.53. The van der Waals surface area contributed by atoms with E-state index < -0.39 is 88.8 Å². The first kappa shape index (κ1) is 46.9. The number of phenolic OH excluding ortho intramolecular Hbond substituents is 3. The molecule has 334 valence electrons. The van der Waals surface area contributed by atoms with Crippen LogP contribution in [0, 0.1) is 30.6 Å². The molecule has 16 nitrogen and oxygen atoms in total. The number of hydrogen-bond acceptors (Lipinski definition) is 15. The Kier molecular flexibility index (Phi) is 14.2. The van der Waals surface area contributed by atoms with E-state index in [0.717, 1.165) is 0 Å². The van der Waals surface area contributed by atoms with Gasteiger partial charge in [-0.05, 0) is 40.8 Å². The second-order valence-corrected chi connectivity index (χ2v) is 17.2. The van der Waals surface area contributed by atoms with Crippen LogP contribution in [0.5, 0.6) is 23.0 Å². The second kappa shape index (κ2) is 18.4. The maximum atomic E-state index is 14.5. The van der Waals surface area contributed by atoms with Crippen molar-refractivity contribution in [1.29, 1.82) is 0 Å². The van der Waals surface area contributed by atoms with Crippen molar-refractivity contribution in [2.24, 2.45) is 28.8 Å². The van der Waals surface area contributed by atoms with Crippen molar-refractivity contribution >= 4 is 40.3 Å².